The molecule has 0 fully saturated rings. The van der Waals surface area contributed by atoms with Crippen molar-refractivity contribution in [2.45, 2.75) is 6.92 Å². The van der Waals surface area contributed by atoms with Gasteiger partial charge in [0.2, 0.25) is 5.78 Å². The Morgan fingerprint density at radius 3 is 2.82 bits per heavy atom. The Kier molecular flexibility index (Phi) is 3.96. The zero-order valence-corrected chi connectivity index (χ0v) is 13.7. The summed E-state index contributed by atoms with van der Waals surface area (Å²) in [5.41, 5.74) is 1.04. The molecule has 0 aliphatic rings. The largest absolute Gasteiger partial charge is 0.461 e. The summed E-state index contributed by atoms with van der Waals surface area (Å²) >= 11 is 2.89. The van der Waals surface area contributed by atoms with Gasteiger partial charge in [-0.25, -0.2) is 0 Å². The fourth-order valence-electron chi connectivity index (χ4n) is 1.96. The highest BCUT2D eigenvalue weighted by molar-refractivity contribution is 7.11. The van der Waals surface area contributed by atoms with E-state index >= 15 is 0 Å². The number of carbonyl (C=O) groups excluding carboxylic acids is 1. The number of Topliss-reactive ketones (excluding diaryl/α,β-unsaturated/α-hetero) is 1. The summed E-state index contributed by atoms with van der Waals surface area (Å²) in [5.74, 6) is 0.0150. The van der Waals surface area contributed by atoms with E-state index in [1.165, 1.54) is 28.2 Å². The van der Waals surface area contributed by atoms with Crippen molar-refractivity contribution in [3.8, 4) is 0 Å². The van der Waals surface area contributed by atoms with Crippen LogP contribution >= 0.6 is 22.7 Å². The summed E-state index contributed by atoms with van der Waals surface area (Å²) in [7, 11) is 1.67. The molecule has 0 saturated carbocycles. The minimum absolute atomic E-state index is 0.101. The van der Waals surface area contributed by atoms with Crippen molar-refractivity contribution in [3.05, 3.63) is 65.6 Å². The third kappa shape index (κ3) is 2.75. The lowest BCUT2D eigenvalue weighted by Gasteiger charge is -1.89. The van der Waals surface area contributed by atoms with E-state index in [1.54, 1.807) is 30.5 Å². The van der Waals surface area contributed by atoms with Gasteiger partial charge in [-0.15, -0.1) is 22.7 Å². The third-order valence-corrected chi connectivity index (χ3v) is 5.32. The fraction of sp³-hybridized carbons (Fsp3) is 0.125. The number of furan rings is 1. The molecule has 0 unspecified atom stereocenters. The van der Waals surface area contributed by atoms with Crippen LogP contribution in [0.3, 0.4) is 0 Å². The number of aryl methyl sites for hydroxylation is 1. The van der Waals surface area contributed by atoms with Gasteiger partial charge in [0, 0.05) is 18.0 Å². The van der Waals surface area contributed by atoms with Crippen molar-refractivity contribution < 1.29 is 9.21 Å². The molecule has 0 atom stereocenters. The van der Waals surface area contributed by atoms with Crippen molar-refractivity contribution in [1.29, 1.82) is 0 Å². The van der Waals surface area contributed by atoms with Crippen molar-refractivity contribution in [2.75, 3.05) is 0 Å². The van der Waals surface area contributed by atoms with Gasteiger partial charge >= 0.3 is 0 Å². The summed E-state index contributed by atoms with van der Waals surface area (Å²) in [5, 5.41) is 1.99. The summed E-state index contributed by atoms with van der Waals surface area (Å²) in [6.45, 7) is 2.01. The molecule has 4 nitrogen and oxygen atoms in total. The second kappa shape index (κ2) is 5.90. The highest BCUT2D eigenvalue weighted by atomic mass is 32.1. The molecule has 0 spiro atoms. The van der Waals surface area contributed by atoms with Crippen molar-refractivity contribution in [1.82, 2.24) is 4.57 Å². The van der Waals surface area contributed by atoms with Crippen LogP contribution in [0, 0.1) is 6.92 Å². The molecule has 3 aromatic heterocycles. The van der Waals surface area contributed by atoms with Crippen LogP contribution in [0.4, 0.5) is 0 Å². The monoisotopic (exact) mass is 331 g/mol. The Labute approximate surface area is 134 Å². The fourth-order valence-corrected chi connectivity index (χ4v) is 3.91. The van der Waals surface area contributed by atoms with Crippen LogP contribution in [-0.2, 0) is 7.05 Å². The smallest absolute Gasteiger partial charge is 0.268 e. The first kappa shape index (κ1) is 14.7. The lowest BCUT2D eigenvalue weighted by molar-refractivity contribution is 0.103. The van der Waals surface area contributed by atoms with E-state index in [2.05, 4.69) is 0 Å². The quantitative estimate of drug-likeness (QED) is 0.689. The molecule has 6 heteroatoms. The number of rotatable bonds is 3. The van der Waals surface area contributed by atoms with Gasteiger partial charge in [-0.05, 0) is 42.1 Å². The molecular formula is C16H13NO3S2. The number of nitrogens with zero attached hydrogens (tertiary/aromatic N) is 1. The SMILES string of the molecule is Cc1ccsc1/C=c1\s/c(=C\C(=O)c2ccco2)n(C)c1=O. The summed E-state index contributed by atoms with van der Waals surface area (Å²) in [6, 6.07) is 5.28. The first-order valence-electron chi connectivity index (χ1n) is 6.57. The summed E-state index contributed by atoms with van der Waals surface area (Å²) in [6.07, 6.45) is 4.76. The van der Waals surface area contributed by atoms with Gasteiger partial charge in [0.1, 0.15) is 4.66 Å². The van der Waals surface area contributed by atoms with E-state index in [0.29, 0.717) is 9.20 Å². The van der Waals surface area contributed by atoms with E-state index < -0.39 is 0 Å². The molecule has 0 aromatic carbocycles. The molecule has 0 amide bonds. The van der Waals surface area contributed by atoms with Gasteiger partial charge in [-0.3, -0.25) is 9.59 Å². The number of hydrogen-bond donors (Lipinski definition) is 0. The van der Waals surface area contributed by atoms with Gasteiger partial charge < -0.3 is 8.98 Å². The van der Waals surface area contributed by atoms with Gasteiger partial charge in [0.05, 0.1) is 10.8 Å². The Morgan fingerprint density at radius 1 is 1.36 bits per heavy atom. The molecule has 3 aromatic rings. The van der Waals surface area contributed by atoms with E-state index in [0.717, 1.165) is 10.4 Å². The number of thiazole rings is 1. The average molecular weight is 331 g/mol. The molecule has 0 bridgehead atoms. The zero-order valence-electron chi connectivity index (χ0n) is 12.0. The number of thiophene rings is 1. The molecule has 0 N–H and O–H groups in total. The van der Waals surface area contributed by atoms with Gasteiger partial charge in [0.25, 0.3) is 5.56 Å². The minimum Gasteiger partial charge on any atom is -0.461 e. The number of hydrogen-bond acceptors (Lipinski definition) is 5. The van der Waals surface area contributed by atoms with E-state index in [9.17, 15) is 9.59 Å². The number of aromatic nitrogens is 1. The molecule has 0 saturated heterocycles. The highest BCUT2D eigenvalue weighted by Gasteiger charge is 2.08. The van der Waals surface area contributed by atoms with Crippen molar-refractivity contribution in [2.24, 2.45) is 7.05 Å². The maximum atomic E-state index is 12.3. The summed E-state index contributed by atoms with van der Waals surface area (Å²) < 4.78 is 7.78. The molecule has 0 aliphatic heterocycles. The predicted molar refractivity (Wildman–Crippen MR) is 88.9 cm³/mol. The van der Waals surface area contributed by atoms with Gasteiger partial charge in [-0.2, -0.15) is 0 Å². The van der Waals surface area contributed by atoms with Crippen molar-refractivity contribution >= 4 is 40.6 Å². The Hall–Kier alpha value is -2.18. The van der Waals surface area contributed by atoms with Crippen LogP contribution in [0.1, 0.15) is 21.0 Å². The van der Waals surface area contributed by atoms with Crippen LogP contribution in [0.2, 0.25) is 0 Å². The lowest BCUT2D eigenvalue weighted by Crippen LogP contribution is -2.29. The predicted octanol–water partition coefficient (Wildman–Crippen LogP) is 1.90. The average Bonchev–Trinajstić information content (AvgIpc) is 3.20. The Morgan fingerprint density at radius 2 is 2.18 bits per heavy atom. The molecule has 22 heavy (non-hydrogen) atoms. The lowest BCUT2D eigenvalue weighted by atomic mass is 10.3. The third-order valence-electron chi connectivity index (χ3n) is 3.24. The molecule has 3 heterocycles. The molecule has 0 radical (unpaired) electrons. The van der Waals surface area contributed by atoms with E-state index in [1.807, 2.05) is 24.4 Å². The Bertz CT molecular complexity index is 987. The highest BCUT2D eigenvalue weighted by Crippen LogP contribution is 2.15. The topological polar surface area (TPSA) is 52.2 Å². The van der Waals surface area contributed by atoms with Gasteiger partial charge in [-0.1, -0.05) is 0 Å². The van der Waals surface area contributed by atoms with Gasteiger partial charge in [0.15, 0.2) is 5.76 Å². The molecule has 112 valence electrons. The van der Waals surface area contributed by atoms with Crippen molar-refractivity contribution in [3.63, 3.8) is 0 Å². The standard InChI is InChI=1S/C16H13NO3S2/c1-10-5-7-21-13(10)9-14-16(19)17(2)15(22-14)8-11(18)12-4-3-6-20-12/h3-9H,1-2H3/b14-9-,15-8-. The van der Waals surface area contributed by atoms with Crippen LogP contribution in [0.5, 0.6) is 0 Å². The minimum atomic E-state index is -0.249. The zero-order chi connectivity index (χ0) is 15.7. The van der Waals surface area contributed by atoms with Crippen LogP contribution in [0.25, 0.3) is 12.2 Å². The maximum Gasteiger partial charge on any atom is 0.268 e. The normalized spacial score (nSPS) is 13.0. The molecule has 0 aliphatic carbocycles. The van der Waals surface area contributed by atoms with Crippen LogP contribution < -0.4 is 14.8 Å². The van der Waals surface area contributed by atoms with E-state index in [4.69, 9.17) is 4.42 Å². The maximum absolute atomic E-state index is 12.3. The summed E-state index contributed by atoms with van der Waals surface area (Å²) in [4.78, 5) is 25.4. The van der Waals surface area contributed by atoms with Crippen LogP contribution in [0.15, 0.2) is 39.1 Å². The first-order chi connectivity index (χ1) is 10.6. The second-order valence-electron chi connectivity index (χ2n) is 4.77. The van der Waals surface area contributed by atoms with E-state index in [-0.39, 0.29) is 17.1 Å². The number of ketones is 1. The molecular weight excluding hydrogens is 318 g/mol. The number of carbonyl (C=O) groups is 1. The Balaban J connectivity index is 2.11. The molecule has 3 rings (SSSR count). The van der Waals surface area contributed by atoms with Crippen LogP contribution in [-0.4, -0.2) is 10.4 Å². The first-order valence-corrected chi connectivity index (χ1v) is 8.27. The second-order valence-corrected chi connectivity index (χ2v) is 6.78.